The largest absolute Gasteiger partial charge is 0.497 e. The molecule has 1 aromatic heterocycles. The molecular weight excluding hydrogens is 384 g/mol. The van der Waals surface area contributed by atoms with Gasteiger partial charge >= 0.3 is 0 Å². The Kier molecular flexibility index (Phi) is 4.99. The number of fused-ring (bicyclic) bond motifs is 1. The van der Waals surface area contributed by atoms with Crippen LogP contribution in [0.4, 0.5) is 0 Å². The normalized spacial score (nSPS) is 16.3. The number of amides is 1. The number of nitrogens with zero attached hydrogens (tertiary/aromatic N) is 2. The minimum absolute atomic E-state index is 0.0417. The average molecular weight is 411 g/mol. The molecule has 31 heavy (non-hydrogen) atoms. The summed E-state index contributed by atoms with van der Waals surface area (Å²) in [6, 6.07) is 27.0. The fourth-order valence-electron chi connectivity index (χ4n) is 4.89. The van der Waals surface area contributed by atoms with Gasteiger partial charge in [0.2, 0.25) is 5.91 Å². The van der Waals surface area contributed by atoms with Crippen molar-refractivity contribution in [1.82, 2.24) is 9.47 Å². The molecule has 0 aliphatic carbocycles. The summed E-state index contributed by atoms with van der Waals surface area (Å²) < 4.78 is 7.75. The minimum Gasteiger partial charge on any atom is -0.497 e. The number of carbonyl (C=O) groups excluding carboxylic acids is 1. The average Bonchev–Trinajstić information content (AvgIpc) is 3.31. The van der Waals surface area contributed by atoms with E-state index in [1.165, 1.54) is 16.5 Å². The van der Waals surface area contributed by atoms with Crippen molar-refractivity contribution in [3.05, 3.63) is 90.0 Å². The highest BCUT2D eigenvalue weighted by Crippen LogP contribution is 2.44. The number of para-hydroxylation sites is 1. The predicted octanol–water partition coefficient (Wildman–Crippen LogP) is 5.72. The van der Waals surface area contributed by atoms with Crippen LogP contribution in [0.2, 0.25) is 0 Å². The molecule has 1 amide bonds. The van der Waals surface area contributed by atoms with Crippen molar-refractivity contribution in [2.24, 2.45) is 7.05 Å². The Morgan fingerprint density at radius 2 is 1.74 bits per heavy atom. The Morgan fingerprint density at radius 3 is 2.55 bits per heavy atom. The van der Waals surface area contributed by atoms with Crippen LogP contribution < -0.4 is 4.74 Å². The number of ether oxygens (including phenoxy) is 1. The lowest BCUT2D eigenvalue weighted by Gasteiger charge is -2.26. The van der Waals surface area contributed by atoms with Crippen molar-refractivity contribution in [2.45, 2.75) is 25.4 Å². The second-order valence-corrected chi connectivity index (χ2v) is 8.13. The van der Waals surface area contributed by atoms with Gasteiger partial charge in [-0.1, -0.05) is 60.7 Å². The molecule has 2 heterocycles. The number of methoxy groups -OCH3 is 1. The first-order valence-electron chi connectivity index (χ1n) is 10.7. The molecule has 1 aliphatic heterocycles. The molecule has 1 saturated heterocycles. The van der Waals surface area contributed by atoms with Gasteiger partial charge in [-0.3, -0.25) is 4.79 Å². The Balaban J connectivity index is 1.69. The second kappa shape index (κ2) is 7.95. The van der Waals surface area contributed by atoms with E-state index >= 15 is 0 Å². The molecule has 0 spiro atoms. The van der Waals surface area contributed by atoms with Gasteiger partial charge in [-0.2, -0.15) is 0 Å². The van der Waals surface area contributed by atoms with Crippen LogP contribution in [0.3, 0.4) is 0 Å². The summed E-state index contributed by atoms with van der Waals surface area (Å²) in [5.74, 6) is 1.05. The highest BCUT2D eigenvalue weighted by molar-refractivity contribution is 5.94. The summed E-state index contributed by atoms with van der Waals surface area (Å²) in [6.07, 6.45) is 1.41. The maximum Gasteiger partial charge on any atom is 0.223 e. The van der Waals surface area contributed by atoms with Crippen LogP contribution in [0.15, 0.2) is 78.9 Å². The fourth-order valence-corrected chi connectivity index (χ4v) is 4.89. The molecular formula is C27H26N2O2. The van der Waals surface area contributed by atoms with Gasteiger partial charge in [0.1, 0.15) is 5.75 Å². The van der Waals surface area contributed by atoms with Crippen molar-refractivity contribution in [3.8, 4) is 17.0 Å². The van der Waals surface area contributed by atoms with Crippen LogP contribution in [0.5, 0.6) is 5.75 Å². The van der Waals surface area contributed by atoms with Gasteiger partial charge in [0, 0.05) is 42.0 Å². The molecule has 0 N–H and O–H groups in total. The smallest absolute Gasteiger partial charge is 0.223 e. The zero-order valence-corrected chi connectivity index (χ0v) is 17.9. The number of rotatable bonds is 5. The zero-order valence-electron chi connectivity index (χ0n) is 17.9. The zero-order chi connectivity index (χ0) is 21.4. The molecule has 0 radical (unpaired) electrons. The van der Waals surface area contributed by atoms with Gasteiger partial charge in [-0.15, -0.1) is 0 Å². The van der Waals surface area contributed by atoms with E-state index in [1.807, 2.05) is 30.3 Å². The highest BCUT2D eigenvalue weighted by Gasteiger charge is 2.36. The first-order valence-corrected chi connectivity index (χ1v) is 10.7. The van der Waals surface area contributed by atoms with Gasteiger partial charge in [-0.05, 0) is 30.2 Å². The van der Waals surface area contributed by atoms with Crippen LogP contribution in [-0.2, 0) is 18.4 Å². The molecule has 4 nitrogen and oxygen atoms in total. The van der Waals surface area contributed by atoms with Gasteiger partial charge in [0.05, 0.1) is 18.8 Å². The maximum absolute atomic E-state index is 13.0. The third-order valence-corrected chi connectivity index (χ3v) is 6.35. The Labute approximate surface area is 182 Å². The summed E-state index contributed by atoms with van der Waals surface area (Å²) >= 11 is 0. The fraction of sp³-hybridized carbons (Fsp3) is 0.222. The molecule has 1 unspecified atom stereocenters. The monoisotopic (exact) mass is 410 g/mol. The predicted molar refractivity (Wildman–Crippen MR) is 124 cm³/mol. The van der Waals surface area contributed by atoms with Crippen molar-refractivity contribution in [2.75, 3.05) is 7.11 Å². The Bertz CT molecular complexity index is 1240. The third-order valence-electron chi connectivity index (χ3n) is 6.35. The Hall–Kier alpha value is -3.53. The van der Waals surface area contributed by atoms with E-state index in [4.69, 9.17) is 4.74 Å². The molecule has 0 saturated carbocycles. The van der Waals surface area contributed by atoms with Crippen LogP contribution in [0, 0.1) is 0 Å². The number of aryl methyl sites for hydroxylation is 1. The number of aromatic nitrogens is 1. The second-order valence-electron chi connectivity index (χ2n) is 8.13. The number of hydrogen-bond donors (Lipinski definition) is 0. The summed E-state index contributed by atoms with van der Waals surface area (Å²) in [4.78, 5) is 15.0. The van der Waals surface area contributed by atoms with Gasteiger partial charge < -0.3 is 14.2 Å². The van der Waals surface area contributed by atoms with Crippen LogP contribution >= 0.6 is 0 Å². The molecule has 4 heteroatoms. The number of benzene rings is 3. The molecule has 5 rings (SSSR count). The number of carbonyl (C=O) groups is 1. The summed E-state index contributed by atoms with van der Waals surface area (Å²) in [7, 11) is 3.80. The van der Waals surface area contributed by atoms with E-state index < -0.39 is 0 Å². The van der Waals surface area contributed by atoms with Gasteiger partial charge in [0.15, 0.2) is 0 Å². The summed E-state index contributed by atoms with van der Waals surface area (Å²) in [5, 5.41) is 1.21. The van der Waals surface area contributed by atoms with Gasteiger partial charge in [0.25, 0.3) is 0 Å². The molecule has 1 atom stereocenters. The van der Waals surface area contributed by atoms with Crippen LogP contribution in [0.25, 0.3) is 22.2 Å². The lowest BCUT2D eigenvalue weighted by Crippen LogP contribution is -2.27. The molecule has 1 fully saturated rings. The molecule has 0 bridgehead atoms. The molecule has 1 aliphatic rings. The summed E-state index contributed by atoms with van der Waals surface area (Å²) in [6.45, 7) is 0.630. The first-order chi connectivity index (χ1) is 15.2. The standard InChI is InChI=1S/C27H26N2O2/c1-28-23-14-7-6-13-22(23)26(27(28)20-11-8-12-21(17-20)31-2)24-15-16-25(30)29(24)18-19-9-4-3-5-10-19/h3-14,17,24H,15-16,18H2,1-2H3. The molecule has 4 aromatic rings. The van der Waals surface area contributed by atoms with E-state index in [9.17, 15) is 4.79 Å². The van der Waals surface area contributed by atoms with Crippen molar-refractivity contribution in [3.63, 3.8) is 0 Å². The number of hydrogen-bond acceptors (Lipinski definition) is 2. The van der Waals surface area contributed by atoms with E-state index in [0.717, 1.165) is 29.0 Å². The quantitative estimate of drug-likeness (QED) is 0.422. The minimum atomic E-state index is 0.0417. The van der Waals surface area contributed by atoms with E-state index in [1.54, 1.807) is 7.11 Å². The van der Waals surface area contributed by atoms with Crippen molar-refractivity contribution < 1.29 is 9.53 Å². The van der Waals surface area contributed by atoms with Gasteiger partial charge in [-0.25, -0.2) is 0 Å². The lowest BCUT2D eigenvalue weighted by molar-refractivity contribution is -0.129. The van der Waals surface area contributed by atoms with Crippen LogP contribution in [0.1, 0.15) is 30.0 Å². The topological polar surface area (TPSA) is 34.5 Å². The molecule has 3 aromatic carbocycles. The molecule has 156 valence electrons. The van der Waals surface area contributed by atoms with E-state index in [0.29, 0.717) is 13.0 Å². The van der Waals surface area contributed by atoms with Crippen molar-refractivity contribution in [1.29, 1.82) is 0 Å². The van der Waals surface area contributed by atoms with Crippen molar-refractivity contribution >= 4 is 16.8 Å². The SMILES string of the molecule is COc1cccc(-c2c(C3CCC(=O)N3Cc3ccccc3)c3ccccc3n2C)c1. The first kappa shape index (κ1) is 19.4. The summed E-state index contributed by atoms with van der Waals surface area (Å²) in [5.41, 5.74) is 5.82. The lowest BCUT2D eigenvalue weighted by atomic mass is 9.96. The highest BCUT2D eigenvalue weighted by atomic mass is 16.5. The number of likely N-dealkylation sites (tertiary alicyclic amines) is 1. The van der Waals surface area contributed by atoms with E-state index in [2.05, 4.69) is 65.0 Å². The third kappa shape index (κ3) is 3.38. The van der Waals surface area contributed by atoms with Crippen LogP contribution in [-0.4, -0.2) is 22.5 Å². The van der Waals surface area contributed by atoms with E-state index in [-0.39, 0.29) is 11.9 Å². The Morgan fingerprint density at radius 1 is 0.968 bits per heavy atom. The maximum atomic E-state index is 13.0.